The van der Waals surface area contributed by atoms with E-state index >= 15 is 0 Å². The molecule has 0 atom stereocenters. The van der Waals surface area contributed by atoms with E-state index in [1.165, 1.54) is 0 Å². The minimum absolute atomic E-state index is 0.240. The number of fused-ring (bicyclic) bond motifs is 1. The van der Waals surface area contributed by atoms with Gasteiger partial charge in [-0.25, -0.2) is 4.39 Å². The summed E-state index contributed by atoms with van der Waals surface area (Å²) in [5, 5.41) is 7.59. The van der Waals surface area contributed by atoms with Crippen molar-refractivity contribution in [1.82, 2.24) is 10.2 Å². The highest BCUT2D eigenvalue weighted by Crippen LogP contribution is 2.24. The number of aromatic amines is 1. The van der Waals surface area contributed by atoms with E-state index in [0.717, 1.165) is 16.6 Å². The molecule has 0 saturated heterocycles. The minimum Gasteiger partial charge on any atom is -0.282 e. The van der Waals surface area contributed by atoms with Crippen LogP contribution in [0.15, 0.2) is 12.1 Å². The SMILES string of the molecule is Cc1[nH]nc2c(F)cc(C(C)C)cc12. The molecule has 74 valence electrons. The van der Waals surface area contributed by atoms with Gasteiger partial charge in [-0.2, -0.15) is 5.10 Å². The highest BCUT2D eigenvalue weighted by Gasteiger charge is 2.10. The van der Waals surface area contributed by atoms with E-state index in [2.05, 4.69) is 24.0 Å². The molecule has 0 bridgehead atoms. The molecule has 14 heavy (non-hydrogen) atoms. The number of H-pyrrole nitrogens is 1. The van der Waals surface area contributed by atoms with Gasteiger partial charge in [0.1, 0.15) is 5.52 Å². The number of nitrogens with one attached hydrogen (secondary N) is 1. The zero-order chi connectivity index (χ0) is 10.3. The number of hydrogen-bond donors (Lipinski definition) is 1. The molecule has 1 heterocycles. The van der Waals surface area contributed by atoms with Crippen molar-refractivity contribution in [2.45, 2.75) is 26.7 Å². The van der Waals surface area contributed by atoms with Gasteiger partial charge in [-0.05, 0) is 30.5 Å². The first kappa shape index (κ1) is 9.19. The summed E-state index contributed by atoms with van der Waals surface area (Å²) in [5.74, 6) is 0.0961. The Labute approximate surface area is 82.1 Å². The van der Waals surface area contributed by atoms with Crippen LogP contribution in [0.5, 0.6) is 0 Å². The van der Waals surface area contributed by atoms with E-state index in [4.69, 9.17) is 0 Å². The topological polar surface area (TPSA) is 28.7 Å². The van der Waals surface area contributed by atoms with Crippen molar-refractivity contribution in [3.63, 3.8) is 0 Å². The molecule has 1 N–H and O–H groups in total. The first-order valence-corrected chi connectivity index (χ1v) is 4.73. The summed E-state index contributed by atoms with van der Waals surface area (Å²) in [6, 6.07) is 3.56. The van der Waals surface area contributed by atoms with Crippen LogP contribution in [0.25, 0.3) is 10.9 Å². The monoisotopic (exact) mass is 192 g/mol. The maximum absolute atomic E-state index is 13.5. The third kappa shape index (κ3) is 1.29. The summed E-state index contributed by atoms with van der Waals surface area (Å²) in [6.07, 6.45) is 0. The van der Waals surface area contributed by atoms with Crippen molar-refractivity contribution < 1.29 is 4.39 Å². The van der Waals surface area contributed by atoms with Crippen LogP contribution in [0, 0.1) is 12.7 Å². The summed E-state index contributed by atoms with van der Waals surface area (Å²) in [4.78, 5) is 0. The van der Waals surface area contributed by atoms with Gasteiger partial charge in [0.2, 0.25) is 0 Å². The average molecular weight is 192 g/mol. The van der Waals surface area contributed by atoms with Crippen LogP contribution in [0.1, 0.15) is 31.0 Å². The van der Waals surface area contributed by atoms with Gasteiger partial charge in [0, 0.05) is 11.1 Å². The molecule has 0 saturated carbocycles. The molecule has 1 aromatic heterocycles. The summed E-state index contributed by atoms with van der Waals surface area (Å²) in [6.45, 7) is 6.00. The number of aryl methyl sites for hydroxylation is 1. The van der Waals surface area contributed by atoms with Crippen molar-refractivity contribution in [1.29, 1.82) is 0 Å². The molecule has 0 aliphatic carbocycles. The van der Waals surface area contributed by atoms with Crippen molar-refractivity contribution in [2.75, 3.05) is 0 Å². The first-order valence-electron chi connectivity index (χ1n) is 4.73. The summed E-state index contributed by atoms with van der Waals surface area (Å²) < 4.78 is 13.5. The molecule has 2 aromatic rings. The number of aromatic nitrogens is 2. The second-order valence-electron chi connectivity index (χ2n) is 3.90. The minimum atomic E-state index is -0.240. The Morgan fingerprint density at radius 2 is 2.07 bits per heavy atom. The summed E-state index contributed by atoms with van der Waals surface area (Å²) in [5.41, 5.74) is 2.37. The predicted molar refractivity (Wildman–Crippen MR) is 54.9 cm³/mol. The molecule has 0 aliphatic rings. The van der Waals surface area contributed by atoms with Crippen LogP contribution in [0.3, 0.4) is 0 Å². The van der Waals surface area contributed by atoms with Gasteiger partial charge in [-0.15, -0.1) is 0 Å². The normalized spacial score (nSPS) is 11.5. The highest BCUT2D eigenvalue weighted by molar-refractivity contribution is 5.82. The number of hydrogen-bond acceptors (Lipinski definition) is 1. The molecule has 2 rings (SSSR count). The second kappa shape index (κ2) is 3.08. The van der Waals surface area contributed by atoms with Crippen molar-refractivity contribution in [3.05, 3.63) is 29.2 Å². The lowest BCUT2D eigenvalue weighted by Crippen LogP contribution is -1.89. The van der Waals surface area contributed by atoms with Crippen molar-refractivity contribution >= 4 is 10.9 Å². The lowest BCUT2D eigenvalue weighted by molar-refractivity contribution is 0.632. The fourth-order valence-corrected chi connectivity index (χ4v) is 1.55. The van der Waals surface area contributed by atoms with E-state index in [-0.39, 0.29) is 5.82 Å². The number of halogens is 1. The second-order valence-corrected chi connectivity index (χ2v) is 3.90. The molecule has 0 spiro atoms. The van der Waals surface area contributed by atoms with Crippen LogP contribution in [-0.2, 0) is 0 Å². The van der Waals surface area contributed by atoms with E-state index < -0.39 is 0 Å². The molecule has 0 aliphatic heterocycles. The molecule has 0 fully saturated rings. The quantitative estimate of drug-likeness (QED) is 0.738. The number of benzene rings is 1. The molecule has 3 heteroatoms. The Kier molecular flexibility index (Phi) is 2.02. The zero-order valence-corrected chi connectivity index (χ0v) is 8.56. The Bertz CT molecular complexity index is 471. The third-order valence-electron chi connectivity index (χ3n) is 2.49. The van der Waals surface area contributed by atoms with Crippen molar-refractivity contribution in [3.8, 4) is 0 Å². The Hall–Kier alpha value is -1.38. The third-order valence-corrected chi connectivity index (χ3v) is 2.49. The fraction of sp³-hybridized carbons (Fsp3) is 0.364. The standard InChI is InChI=1S/C11H13FN2/c1-6(2)8-4-9-7(3)13-14-11(9)10(12)5-8/h4-6H,1-3H3,(H,13,14). The van der Waals surface area contributed by atoms with Gasteiger partial charge in [0.15, 0.2) is 5.82 Å². The van der Waals surface area contributed by atoms with Crippen LogP contribution in [0.4, 0.5) is 4.39 Å². The van der Waals surface area contributed by atoms with Gasteiger partial charge >= 0.3 is 0 Å². The maximum atomic E-state index is 13.5. The van der Waals surface area contributed by atoms with Gasteiger partial charge in [-0.1, -0.05) is 13.8 Å². The largest absolute Gasteiger partial charge is 0.282 e. The lowest BCUT2D eigenvalue weighted by Gasteiger charge is -2.05. The Balaban J connectivity index is 2.75. The molecule has 0 amide bonds. The molecular formula is C11H13FN2. The first-order chi connectivity index (χ1) is 6.59. The molecule has 2 nitrogen and oxygen atoms in total. The molecule has 1 aromatic carbocycles. The molecular weight excluding hydrogens is 179 g/mol. The molecule has 0 unspecified atom stereocenters. The number of nitrogens with zero attached hydrogens (tertiary/aromatic N) is 1. The lowest BCUT2D eigenvalue weighted by atomic mass is 10.0. The van der Waals surface area contributed by atoms with E-state index in [0.29, 0.717) is 11.4 Å². The van der Waals surface area contributed by atoms with Crippen LogP contribution >= 0.6 is 0 Å². The van der Waals surface area contributed by atoms with Gasteiger partial charge in [0.25, 0.3) is 0 Å². The predicted octanol–water partition coefficient (Wildman–Crippen LogP) is 3.13. The highest BCUT2D eigenvalue weighted by atomic mass is 19.1. The fourth-order valence-electron chi connectivity index (χ4n) is 1.55. The van der Waals surface area contributed by atoms with E-state index in [1.54, 1.807) is 6.07 Å². The van der Waals surface area contributed by atoms with Gasteiger partial charge < -0.3 is 0 Å². The van der Waals surface area contributed by atoms with Crippen LogP contribution in [-0.4, -0.2) is 10.2 Å². The summed E-state index contributed by atoms with van der Waals surface area (Å²) >= 11 is 0. The van der Waals surface area contributed by atoms with Crippen LogP contribution < -0.4 is 0 Å². The van der Waals surface area contributed by atoms with Crippen LogP contribution in [0.2, 0.25) is 0 Å². The Morgan fingerprint density at radius 3 is 2.71 bits per heavy atom. The summed E-state index contributed by atoms with van der Waals surface area (Å²) in [7, 11) is 0. The van der Waals surface area contributed by atoms with E-state index in [1.807, 2.05) is 13.0 Å². The van der Waals surface area contributed by atoms with Crippen molar-refractivity contribution in [2.24, 2.45) is 0 Å². The molecule has 0 radical (unpaired) electrons. The maximum Gasteiger partial charge on any atom is 0.151 e. The Morgan fingerprint density at radius 1 is 1.36 bits per heavy atom. The van der Waals surface area contributed by atoms with Gasteiger partial charge in [0.05, 0.1) is 0 Å². The van der Waals surface area contributed by atoms with Gasteiger partial charge in [-0.3, -0.25) is 5.10 Å². The smallest absolute Gasteiger partial charge is 0.151 e. The zero-order valence-electron chi connectivity index (χ0n) is 8.56. The van der Waals surface area contributed by atoms with E-state index in [9.17, 15) is 4.39 Å². The average Bonchev–Trinajstić information content (AvgIpc) is 2.48. The number of rotatable bonds is 1.